The number of thiazole rings is 1. The van der Waals surface area contributed by atoms with E-state index in [4.69, 9.17) is 11.6 Å². The summed E-state index contributed by atoms with van der Waals surface area (Å²) in [5, 5.41) is 5.76. The number of halogens is 1. The molecule has 1 saturated heterocycles. The number of rotatable bonds is 4. The van der Waals surface area contributed by atoms with Gasteiger partial charge in [0.2, 0.25) is 11.8 Å². The van der Waals surface area contributed by atoms with Gasteiger partial charge in [0.1, 0.15) is 0 Å². The maximum Gasteiger partial charge on any atom is 0.245 e. The molecule has 1 aromatic carbocycles. The number of hydrogen-bond donors (Lipinski definition) is 1. The molecule has 1 N–H and O–H groups in total. The number of nitrogens with one attached hydrogen (secondary N) is 1. The zero-order valence-electron chi connectivity index (χ0n) is 13.1. The minimum absolute atomic E-state index is 0.0542. The van der Waals surface area contributed by atoms with E-state index in [0.29, 0.717) is 23.1 Å². The fourth-order valence-electron chi connectivity index (χ4n) is 2.66. The average molecular weight is 364 g/mol. The summed E-state index contributed by atoms with van der Waals surface area (Å²) >= 11 is 7.51. The highest BCUT2D eigenvalue weighted by molar-refractivity contribution is 7.14. The van der Waals surface area contributed by atoms with Crippen LogP contribution in [0.15, 0.2) is 29.6 Å². The van der Waals surface area contributed by atoms with Crippen LogP contribution in [0.1, 0.15) is 25.7 Å². The van der Waals surface area contributed by atoms with Crippen LogP contribution >= 0.6 is 22.9 Å². The largest absolute Gasteiger partial charge is 0.333 e. The number of benzene rings is 1. The summed E-state index contributed by atoms with van der Waals surface area (Å²) in [6.07, 6.45) is 3.43. The third kappa shape index (κ3) is 4.13. The molecule has 0 bridgehead atoms. The Labute approximate surface area is 149 Å². The fourth-order valence-corrected chi connectivity index (χ4v) is 3.62. The van der Waals surface area contributed by atoms with Crippen molar-refractivity contribution >= 4 is 39.9 Å². The molecule has 0 atom stereocenters. The highest BCUT2D eigenvalue weighted by atomic mass is 35.5. The molecule has 2 aromatic rings. The van der Waals surface area contributed by atoms with Crippen LogP contribution in [-0.2, 0) is 9.59 Å². The summed E-state index contributed by atoms with van der Waals surface area (Å²) in [7, 11) is 0. The molecule has 24 heavy (non-hydrogen) atoms. The smallest absolute Gasteiger partial charge is 0.245 e. The van der Waals surface area contributed by atoms with Gasteiger partial charge in [-0.05, 0) is 18.9 Å². The van der Waals surface area contributed by atoms with Crippen molar-refractivity contribution < 1.29 is 9.59 Å². The van der Waals surface area contributed by atoms with Gasteiger partial charge in [-0.25, -0.2) is 4.98 Å². The van der Waals surface area contributed by atoms with Crippen molar-refractivity contribution in [2.45, 2.75) is 25.7 Å². The molecule has 1 aliphatic rings. The third-order valence-corrected chi connectivity index (χ3v) is 4.99. The van der Waals surface area contributed by atoms with Crippen LogP contribution in [0.25, 0.3) is 11.3 Å². The summed E-state index contributed by atoms with van der Waals surface area (Å²) in [6.45, 7) is 0.731. The molecule has 0 radical (unpaired) electrons. The lowest BCUT2D eigenvalue weighted by molar-refractivity contribution is -0.134. The minimum atomic E-state index is -0.217. The van der Waals surface area contributed by atoms with Gasteiger partial charge in [0.15, 0.2) is 5.13 Å². The predicted molar refractivity (Wildman–Crippen MR) is 96.2 cm³/mol. The Balaban J connectivity index is 1.63. The molecule has 0 unspecified atom stereocenters. The van der Waals surface area contributed by atoms with Gasteiger partial charge in [-0.2, -0.15) is 0 Å². The molecule has 126 valence electrons. The van der Waals surface area contributed by atoms with E-state index < -0.39 is 0 Å². The van der Waals surface area contributed by atoms with Crippen LogP contribution in [-0.4, -0.2) is 34.8 Å². The number of likely N-dealkylation sites (tertiary alicyclic amines) is 1. The Kier molecular flexibility index (Phi) is 5.48. The van der Waals surface area contributed by atoms with Gasteiger partial charge in [-0.1, -0.05) is 36.2 Å². The number of carbonyl (C=O) groups is 2. The van der Waals surface area contributed by atoms with Crippen LogP contribution in [0, 0.1) is 0 Å². The van der Waals surface area contributed by atoms with Crippen molar-refractivity contribution in [3.8, 4) is 11.3 Å². The van der Waals surface area contributed by atoms with E-state index >= 15 is 0 Å². The van der Waals surface area contributed by atoms with Crippen LogP contribution in [0.3, 0.4) is 0 Å². The Morgan fingerprint density at radius 2 is 2.12 bits per heavy atom. The summed E-state index contributed by atoms with van der Waals surface area (Å²) in [5.74, 6) is -0.163. The molecule has 1 fully saturated rings. The van der Waals surface area contributed by atoms with Gasteiger partial charge in [-0.15, -0.1) is 11.3 Å². The first kappa shape index (κ1) is 16.9. The molecule has 2 amide bonds. The topological polar surface area (TPSA) is 62.3 Å². The summed E-state index contributed by atoms with van der Waals surface area (Å²) in [5.41, 5.74) is 1.56. The molecule has 5 nitrogen and oxygen atoms in total. The highest BCUT2D eigenvalue weighted by Gasteiger charge is 2.19. The number of anilines is 1. The molecule has 0 saturated carbocycles. The molecule has 1 aromatic heterocycles. The second-order valence-electron chi connectivity index (χ2n) is 5.69. The first-order valence-electron chi connectivity index (χ1n) is 7.91. The zero-order chi connectivity index (χ0) is 16.9. The number of carbonyl (C=O) groups excluding carboxylic acids is 2. The van der Waals surface area contributed by atoms with Gasteiger partial charge in [0.25, 0.3) is 0 Å². The normalized spacial score (nSPS) is 15.2. The van der Waals surface area contributed by atoms with Crippen molar-refractivity contribution in [3.63, 3.8) is 0 Å². The van der Waals surface area contributed by atoms with Crippen molar-refractivity contribution in [1.29, 1.82) is 0 Å². The molecule has 3 rings (SSSR count). The Morgan fingerprint density at radius 1 is 1.29 bits per heavy atom. The van der Waals surface area contributed by atoms with E-state index in [2.05, 4.69) is 10.3 Å². The van der Waals surface area contributed by atoms with E-state index in [0.717, 1.165) is 30.5 Å². The Bertz CT molecular complexity index is 747. The number of aromatic nitrogens is 1. The average Bonchev–Trinajstić information content (AvgIpc) is 2.92. The quantitative estimate of drug-likeness (QED) is 0.898. The molecule has 2 heterocycles. The Hall–Kier alpha value is -1.92. The monoisotopic (exact) mass is 363 g/mol. The van der Waals surface area contributed by atoms with Crippen LogP contribution in [0.4, 0.5) is 5.13 Å². The van der Waals surface area contributed by atoms with Crippen molar-refractivity contribution in [2.24, 2.45) is 0 Å². The lowest BCUT2D eigenvalue weighted by Crippen LogP contribution is -2.37. The maximum absolute atomic E-state index is 12.2. The maximum atomic E-state index is 12.2. The van der Waals surface area contributed by atoms with Gasteiger partial charge < -0.3 is 10.2 Å². The molecular weight excluding hydrogens is 346 g/mol. The fraction of sp³-hybridized carbons (Fsp3) is 0.353. The van der Waals surface area contributed by atoms with E-state index in [1.165, 1.54) is 11.3 Å². The van der Waals surface area contributed by atoms with Crippen molar-refractivity contribution in [2.75, 3.05) is 18.4 Å². The molecule has 1 aliphatic heterocycles. The van der Waals surface area contributed by atoms with Gasteiger partial charge in [-0.3, -0.25) is 9.59 Å². The number of nitrogens with zero attached hydrogens (tertiary/aromatic N) is 2. The van der Waals surface area contributed by atoms with E-state index in [1.54, 1.807) is 11.0 Å². The summed E-state index contributed by atoms with van der Waals surface area (Å²) in [6, 6.07) is 7.45. The second-order valence-corrected chi connectivity index (χ2v) is 6.96. The summed E-state index contributed by atoms with van der Waals surface area (Å²) in [4.78, 5) is 30.2. The molecule has 7 heteroatoms. The van der Waals surface area contributed by atoms with Gasteiger partial charge in [0, 0.05) is 28.9 Å². The SMILES string of the molecule is O=C(CN1CCCCCC1=O)Nc1nc(-c2ccccc2Cl)cs1. The summed E-state index contributed by atoms with van der Waals surface area (Å²) < 4.78 is 0. The molecular formula is C17H18ClN3O2S. The third-order valence-electron chi connectivity index (χ3n) is 3.91. The van der Waals surface area contributed by atoms with Crippen molar-refractivity contribution in [1.82, 2.24) is 9.88 Å². The molecule has 0 spiro atoms. The number of hydrogen-bond acceptors (Lipinski definition) is 4. The molecule has 0 aliphatic carbocycles. The number of amides is 2. The van der Waals surface area contributed by atoms with E-state index in [-0.39, 0.29) is 18.4 Å². The van der Waals surface area contributed by atoms with E-state index in [1.807, 2.05) is 23.6 Å². The highest BCUT2D eigenvalue weighted by Crippen LogP contribution is 2.30. The zero-order valence-corrected chi connectivity index (χ0v) is 14.7. The standard InChI is InChI=1S/C17H18ClN3O2S/c18-13-7-4-3-6-12(13)14-11-24-17(19-14)20-15(22)10-21-9-5-1-2-8-16(21)23/h3-4,6-7,11H,1-2,5,8-10H2,(H,19,20,22). The van der Waals surface area contributed by atoms with Gasteiger partial charge in [0.05, 0.1) is 12.2 Å². The van der Waals surface area contributed by atoms with Crippen LogP contribution < -0.4 is 5.32 Å². The minimum Gasteiger partial charge on any atom is -0.333 e. The van der Waals surface area contributed by atoms with Crippen LogP contribution in [0.2, 0.25) is 5.02 Å². The first-order valence-corrected chi connectivity index (χ1v) is 9.17. The van der Waals surface area contributed by atoms with Gasteiger partial charge >= 0.3 is 0 Å². The van der Waals surface area contributed by atoms with E-state index in [9.17, 15) is 9.59 Å². The predicted octanol–water partition coefficient (Wildman–Crippen LogP) is 3.80. The Morgan fingerprint density at radius 3 is 2.96 bits per heavy atom. The first-order chi connectivity index (χ1) is 11.6. The lowest BCUT2D eigenvalue weighted by atomic mass is 10.2. The second kappa shape index (κ2) is 7.77. The van der Waals surface area contributed by atoms with Crippen LogP contribution in [0.5, 0.6) is 0 Å². The lowest BCUT2D eigenvalue weighted by Gasteiger charge is -2.19. The van der Waals surface area contributed by atoms with Crippen molar-refractivity contribution in [3.05, 3.63) is 34.7 Å².